The summed E-state index contributed by atoms with van der Waals surface area (Å²) in [6.07, 6.45) is 4.98. The topological polar surface area (TPSA) is 47.7 Å². The third kappa shape index (κ3) is 3.20. The molecular weight excluding hydrogens is 226 g/mol. The van der Waals surface area contributed by atoms with Crippen molar-refractivity contribution in [2.75, 3.05) is 0 Å². The Hall–Kier alpha value is -1.62. The minimum absolute atomic E-state index is 0.796. The van der Waals surface area contributed by atoms with Crippen LogP contribution >= 0.6 is 0 Å². The summed E-state index contributed by atoms with van der Waals surface area (Å²) in [6, 6.07) is 4.12. The van der Waals surface area contributed by atoms with E-state index in [0.717, 1.165) is 38.3 Å². The van der Waals surface area contributed by atoms with Gasteiger partial charge in [0, 0.05) is 38.6 Å². The van der Waals surface area contributed by atoms with Crippen LogP contribution in [-0.4, -0.2) is 19.6 Å². The molecule has 0 spiro atoms. The van der Waals surface area contributed by atoms with Gasteiger partial charge in [-0.2, -0.15) is 10.2 Å². The number of rotatable bonds is 7. The lowest BCUT2D eigenvalue weighted by Gasteiger charge is -2.06. The molecule has 0 amide bonds. The number of nitrogens with zero attached hydrogens (tertiary/aromatic N) is 4. The molecular formula is C13H21N5. The van der Waals surface area contributed by atoms with Gasteiger partial charge in [0.05, 0.1) is 11.4 Å². The molecule has 0 aliphatic carbocycles. The lowest BCUT2D eigenvalue weighted by atomic mass is 10.3. The zero-order valence-corrected chi connectivity index (χ0v) is 11.1. The van der Waals surface area contributed by atoms with E-state index in [1.807, 2.05) is 17.1 Å². The van der Waals surface area contributed by atoms with E-state index < -0.39 is 0 Å². The average molecular weight is 247 g/mol. The SMILES string of the molecule is CCCn1nccc1CNCc1ccn(CC)n1. The number of nitrogens with one attached hydrogen (secondary N) is 1. The molecule has 0 aliphatic heterocycles. The van der Waals surface area contributed by atoms with Crippen molar-refractivity contribution in [1.29, 1.82) is 0 Å². The fourth-order valence-corrected chi connectivity index (χ4v) is 1.92. The van der Waals surface area contributed by atoms with Crippen molar-refractivity contribution in [3.8, 4) is 0 Å². The summed E-state index contributed by atoms with van der Waals surface area (Å²) >= 11 is 0. The minimum atomic E-state index is 0.796. The molecule has 5 heteroatoms. The van der Waals surface area contributed by atoms with Crippen LogP contribution in [0, 0.1) is 0 Å². The predicted molar refractivity (Wildman–Crippen MR) is 71.0 cm³/mol. The first-order valence-electron chi connectivity index (χ1n) is 6.57. The van der Waals surface area contributed by atoms with Crippen LogP contribution in [-0.2, 0) is 26.2 Å². The van der Waals surface area contributed by atoms with Crippen molar-refractivity contribution in [1.82, 2.24) is 24.9 Å². The molecule has 0 bridgehead atoms. The fourth-order valence-electron chi connectivity index (χ4n) is 1.92. The van der Waals surface area contributed by atoms with Crippen LogP contribution in [0.25, 0.3) is 0 Å². The quantitative estimate of drug-likeness (QED) is 0.811. The highest BCUT2D eigenvalue weighted by Crippen LogP contribution is 2.01. The van der Waals surface area contributed by atoms with E-state index in [1.165, 1.54) is 5.69 Å². The van der Waals surface area contributed by atoms with Crippen molar-refractivity contribution >= 4 is 0 Å². The van der Waals surface area contributed by atoms with Crippen molar-refractivity contribution in [2.24, 2.45) is 0 Å². The number of aromatic nitrogens is 4. The number of hydrogen-bond donors (Lipinski definition) is 1. The van der Waals surface area contributed by atoms with Crippen molar-refractivity contribution in [3.63, 3.8) is 0 Å². The number of hydrogen-bond acceptors (Lipinski definition) is 3. The van der Waals surface area contributed by atoms with Crippen LogP contribution in [0.1, 0.15) is 31.7 Å². The maximum atomic E-state index is 4.44. The van der Waals surface area contributed by atoms with Gasteiger partial charge < -0.3 is 5.32 Å². The molecule has 1 N–H and O–H groups in total. The third-order valence-corrected chi connectivity index (χ3v) is 2.87. The van der Waals surface area contributed by atoms with Gasteiger partial charge >= 0.3 is 0 Å². The summed E-state index contributed by atoms with van der Waals surface area (Å²) < 4.78 is 4.00. The van der Waals surface area contributed by atoms with Gasteiger partial charge in [0.2, 0.25) is 0 Å². The Kier molecular flexibility index (Phi) is 4.52. The molecule has 2 heterocycles. The molecule has 2 rings (SSSR count). The fraction of sp³-hybridized carbons (Fsp3) is 0.538. The Morgan fingerprint density at radius 1 is 1.22 bits per heavy atom. The lowest BCUT2D eigenvalue weighted by molar-refractivity contribution is 0.545. The molecule has 0 saturated heterocycles. The zero-order chi connectivity index (χ0) is 12.8. The molecule has 5 nitrogen and oxygen atoms in total. The Balaban J connectivity index is 1.82. The monoisotopic (exact) mass is 247 g/mol. The molecule has 0 aliphatic rings. The van der Waals surface area contributed by atoms with Crippen LogP contribution in [0.2, 0.25) is 0 Å². The van der Waals surface area contributed by atoms with Gasteiger partial charge in [-0.05, 0) is 25.5 Å². The summed E-state index contributed by atoms with van der Waals surface area (Å²) in [5.74, 6) is 0. The van der Waals surface area contributed by atoms with Gasteiger partial charge in [-0.15, -0.1) is 0 Å². The molecule has 0 unspecified atom stereocenters. The molecule has 0 atom stereocenters. The molecule has 0 radical (unpaired) electrons. The number of aryl methyl sites for hydroxylation is 2. The van der Waals surface area contributed by atoms with E-state index in [4.69, 9.17) is 0 Å². The Morgan fingerprint density at radius 2 is 2.11 bits per heavy atom. The van der Waals surface area contributed by atoms with Gasteiger partial charge in [0.25, 0.3) is 0 Å². The highest BCUT2D eigenvalue weighted by Gasteiger charge is 2.02. The van der Waals surface area contributed by atoms with E-state index >= 15 is 0 Å². The van der Waals surface area contributed by atoms with Gasteiger partial charge in [0.15, 0.2) is 0 Å². The third-order valence-electron chi connectivity index (χ3n) is 2.87. The molecule has 98 valence electrons. The van der Waals surface area contributed by atoms with E-state index in [-0.39, 0.29) is 0 Å². The maximum Gasteiger partial charge on any atom is 0.0762 e. The van der Waals surface area contributed by atoms with Crippen LogP contribution < -0.4 is 5.32 Å². The average Bonchev–Trinajstić information content (AvgIpc) is 3.00. The van der Waals surface area contributed by atoms with Crippen molar-refractivity contribution < 1.29 is 0 Å². The largest absolute Gasteiger partial charge is 0.305 e. The summed E-state index contributed by atoms with van der Waals surface area (Å²) in [5, 5.41) is 12.1. The first-order chi connectivity index (χ1) is 8.83. The van der Waals surface area contributed by atoms with Crippen molar-refractivity contribution in [2.45, 2.75) is 46.4 Å². The molecule has 0 fully saturated rings. The van der Waals surface area contributed by atoms with Gasteiger partial charge in [-0.3, -0.25) is 9.36 Å². The highest BCUT2D eigenvalue weighted by molar-refractivity contribution is 5.02. The van der Waals surface area contributed by atoms with E-state index in [0.29, 0.717) is 0 Å². The lowest BCUT2D eigenvalue weighted by Crippen LogP contribution is -2.17. The van der Waals surface area contributed by atoms with Gasteiger partial charge in [-0.1, -0.05) is 6.92 Å². The van der Waals surface area contributed by atoms with Crippen LogP contribution in [0.5, 0.6) is 0 Å². The summed E-state index contributed by atoms with van der Waals surface area (Å²) in [6.45, 7) is 7.78. The van der Waals surface area contributed by atoms with Crippen molar-refractivity contribution in [3.05, 3.63) is 35.9 Å². The normalized spacial score (nSPS) is 11.0. The summed E-state index contributed by atoms with van der Waals surface area (Å²) in [5.41, 5.74) is 2.31. The molecule has 0 aromatic carbocycles. The second-order valence-corrected chi connectivity index (χ2v) is 4.31. The van der Waals surface area contributed by atoms with E-state index in [2.05, 4.69) is 46.2 Å². The first kappa shape index (κ1) is 12.8. The van der Waals surface area contributed by atoms with Gasteiger partial charge in [0.1, 0.15) is 0 Å². The first-order valence-corrected chi connectivity index (χ1v) is 6.57. The second kappa shape index (κ2) is 6.35. The maximum absolute atomic E-state index is 4.44. The minimum Gasteiger partial charge on any atom is -0.305 e. The predicted octanol–water partition coefficient (Wildman–Crippen LogP) is 1.80. The highest BCUT2D eigenvalue weighted by atomic mass is 15.3. The Morgan fingerprint density at radius 3 is 2.83 bits per heavy atom. The molecule has 18 heavy (non-hydrogen) atoms. The van der Waals surface area contributed by atoms with E-state index in [1.54, 1.807) is 0 Å². The molecule has 2 aromatic heterocycles. The molecule has 0 saturated carbocycles. The van der Waals surface area contributed by atoms with Crippen LogP contribution in [0.4, 0.5) is 0 Å². The Labute approximate surface area is 108 Å². The van der Waals surface area contributed by atoms with E-state index in [9.17, 15) is 0 Å². The molecule has 2 aromatic rings. The summed E-state index contributed by atoms with van der Waals surface area (Å²) in [4.78, 5) is 0. The Bertz CT molecular complexity index is 471. The summed E-state index contributed by atoms with van der Waals surface area (Å²) in [7, 11) is 0. The zero-order valence-electron chi connectivity index (χ0n) is 11.1. The smallest absolute Gasteiger partial charge is 0.0762 e. The van der Waals surface area contributed by atoms with Gasteiger partial charge in [-0.25, -0.2) is 0 Å². The van der Waals surface area contributed by atoms with Crippen LogP contribution in [0.3, 0.4) is 0 Å². The standard InChI is InChI=1S/C13H21N5/c1-3-8-18-13(5-7-15-18)11-14-10-12-6-9-17(4-2)16-12/h5-7,9,14H,3-4,8,10-11H2,1-2H3. The van der Waals surface area contributed by atoms with Crippen LogP contribution in [0.15, 0.2) is 24.5 Å². The second-order valence-electron chi connectivity index (χ2n) is 4.31.